The molecule has 0 saturated carbocycles. The number of hydrogen-bond donors (Lipinski definition) is 0. The SMILES string of the molecule is CCCCOC(=O)N1CCC(c2nc(/C=C\c3cccc4ccccc34)cs2)CC1. The van der Waals surface area contributed by atoms with Gasteiger partial charge in [-0.25, -0.2) is 9.78 Å². The minimum Gasteiger partial charge on any atom is -0.449 e. The predicted octanol–water partition coefficient (Wildman–Crippen LogP) is 6.58. The summed E-state index contributed by atoms with van der Waals surface area (Å²) in [5, 5.41) is 5.80. The van der Waals surface area contributed by atoms with Crippen molar-refractivity contribution in [2.24, 2.45) is 0 Å². The molecule has 0 radical (unpaired) electrons. The molecule has 4 rings (SSSR count). The standard InChI is InChI=1S/C25H28N2O2S/c1-2-3-17-29-25(28)27-15-13-21(14-16-27)24-26-22(18-30-24)12-11-20-9-6-8-19-7-4-5-10-23(19)20/h4-12,18,21H,2-3,13-17H2,1H3/b12-11-. The molecule has 156 valence electrons. The lowest BCUT2D eigenvalue weighted by Gasteiger charge is -2.30. The quantitative estimate of drug-likeness (QED) is 0.423. The van der Waals surface area contributed by atoms with Crippen LogP contribution in [0.3, 0.4) is 0 Å². The Morgan fingerprint density at radius 3 is 2.80 bits per heavy atom. The van der Waals surface area contributed by atoms with E-state index in [1.807, 2.05) is 4.90 Å². The van der Waals surface area contributed by atoms with Crippen LogP contribution < -0.4 is 0 Å². The van der Waals surface area contributed by atoms with Crippen molar-refractivity contribution in [2.45, 2.75) is 38.5 Å². The van der Waals surface area contributed by atoms with Crippen LogP contribution in [0.2, 0.25) is 0 Å². The van der Waals surface area contributed by atoms with E-state index in [-0.39, 0.29) is 6.09 Å². The van der Waals surface area contributed by atoms with Crippen LogP contribution in [0.5, 0.6) is 0 Å². The molecular formula is C25H28N2O2S. The summed E-state index contributed by atoms with van der Waals surface area (Å²) in [5.74, 6) is 0.425. The van der Waals surface area contributed by atoms with Gasteiger partial charge in [0, 0.05) is 24.4 Å². The van der Waals surface area contributed by atoms with Crippen LogP contribution >= 0.6 is 11.3 Å². The van der Waals surface area contributed by atoms with E-state index < -0.39 is 0 Å². The second kappa shape index (κ2) is 9.90. The van der Waals surface area contributed by atoms with Crippen LogP contribution in [-0.4, -0.2) is 35.7 Å². The number of nitrogens with zero attached hydrogens (tertiary/aromatic N) is 2. The molecule has 0 bridgehead atoms. The fourth-order valence-electron chi connectivity index (χ4n) is 3.84. The number of thiazole rings is 1. The van der Waals surface area contributed by atoms with Crippen molar-refractivity contribution in [1.82, 2.24) is 9.88 Å². The number of unbranched alkanes of at least 4 members (excludes halogenated alkanes) is 1. The molecule has 0 spiro atoms. The maximum atomic E-state index is 12.1. The lowest BCUT2D eigenvalue weighted by molar-refractivity contribution is 0.0916. The van der Waals surface area contributed by atoms with E-state index in [0.29, 0.717) is 12.5 Å². The van der Waals surface area contributed by atoms with E-state index in [1.165, 1.54) is 21.3 Å². The lowest BCUT2D eigenvalue weighted by atomic mass is 9.98. The molecular weight excluding hydrogens is 392 g/mol. The van der Waals surface area contributed by atoms with Crippen molar-refractivity contribution in [3.63, 3.8) is 0 Å². The number of aromatic nitrogens is 1. The van der Waals surface area contributed by atoms with Crippen LogP contribution in [0, 0.1) is 0 Å². The van der Waals surface area contributed by atoms with E-state index >= 15 is 0 Å². The van der Waals surface area contributed by atoms with E-state index in [2.05, 4.69) is 66.9 Å². The van der Waals surface area contributed by atoms with E-state index in [0.717, 1.165) is 44.5 Å². The van der Waals surface area contributed by atoms with Gasteiger partial charge in [-0.3, -0.25) is 0 Å². The third-order valence-corrected chi connectivity index (χ3v) is 6.65. The fraction of sp³-hybridized carbons (Fsp3) is 0.360. The molecule has 2 heterocycles. The van der Waals surface area contributed by atoms with Crippen molar-refractivity contribution in [3.05, 3.63) is 64.1 Å². The monoisotopic (exact) mass is 420 g/mol. The zero-order valence-corrected chi connectivity index (χ0v) is 18.2. The number of hydrogen-bond acceptors (Lipinski definition) is 4. The minimum absolute atomic E-state index is 0.167. The summed E-state index contributed by atoms with van der Waals surface area (Å²) in [7, 11) is 0. The number of likely N-dealkylation sites (tertiary alicyclic amines) is 1. The van der Waals surface area contributed by atoms with Gasteiger partial charge in [0.25, 0.3) is 0 Å². The van der Waals surface area contributed by atoms with Gasteiger partial charge in [-0.15, -0.1) is 11.3 Å². The van der Waals surface area contributed by atoms with Crippen molar-refractivity contribution in [3.8, 4) is 0 Å². The summed E-state index contributed by atoms with van der Waals surface area (Å²) in [4.78, 5) is 18.8. The van der Waals surface area contributed by atoms with Gasteiger partial charge in [0.15, 0.2) is 0 Å². The number of carbonyl (C=O) groups excluding carboxylic acids is 1. The van der Waals surface area contributed by atoms with E-state index in [9.17, 15) is 4.79 Å². The highest BCUT2D eigenvalue weighted by atomic mass is 32.1. The molecule has 4 nitrogen and oxygen atoms in total. The van der Waals surface area contributed by atoms with Gasteiger partial charge in [-0.05, 0) is 41.7 Å². The Balaban J connectivity index is 1.36. The van der Waals surface area contributed by atoms with Crippen molar-refractivity contribution < 1.29 is 9.53 Å². The largest absolute Gasteiger partial charge is 0.449 e. The Kier molecular flexibility index (Phi) is 6.80. The first-order chi connectivity index (χ1) is 14.7. The van der Waals surface area contributed by atoms with Crippen LogP contribution in [0.1, 0.15) is 54.8 Å². The Morgan fingerprint density at radius 2 is 1.97 bits per heavy atom. The first-order valence-electron chi connectivity index (χ1n) is 10.8. The van der Waals surface area contributed by atoms with Gasteiger partial charge in [0.1, 0.15) is 0 Å². The molecule has 1 aliphatic rings. The summed E-state index contributed by atoms with van der Waals surface area (Å²) >= 11 is 1.72. The van der Waals surface area contributed by atoms with Gasteiger partial charge in [-0.2, -0.15) is 0 Å². The number of piperidine rings is 1. The Bertz CT molecular complexity index is 1010. The maximum absolute atomic E-state index is 12.1. The summed E-state index contributed by atoms with van der Waals surface area (Å²) in [6.45, 7) is 4.11. The summed E-state index contributed by atoms with van der Waals surface area (Å²) in [6, 6.07) is 14.8. The topological polar surface area (TPSA) is 42.4 Å². The fourth-order valence-corrected chi connectivity index (χ4v) is 4.80. The van der Waals surface area contributed by atoms with Crippen LogP contribution in [0.25, 0.3) is 22.9 Å². The van der Waals surface area contributed by atoms with Gasteiger partial charge >= 0.3 is 6.09 Å². The molecule has 2 aromatic carbocycles. The zero-order valence-electron chi connectivity index (χ0n) is 17.4. The average Bonchev–Trinajstić information content (AvgIpc) is 3.27. The Morgan fingerprint density at radius 1 is 1.17 bits per heavy atom. The molecule has 1 amide bonds. The van der Waals surface area contributed by atoms with Crippen molar-refractivity contribution in [1.29, 1.82) is 0 Å². The average molecular weight is 421 g/mol. The molecule has 5 heteroatoms. The minimum atomic E-state index is -0.167. The highest BCUT2D eigenvalue weighted by Gasteiger charge is 2.26. The normalized spacial score (nSPS) is 15.2. The number of fused-ring (bicyclic) bond motifs is 1. The lowest BCUT2D eigenvalue weighted by Crippen LogP contribution is -2.38. The predicted molar refractivity (Wildman–Crippen MR) is 125 cm³/mol. The van der Waals surface area contributed by atoms with E-state index in [1.54, 1.807) is 11.3 Å². The molecule has 1 fully saturated rings. The summed E-state index contributed by atoms with van der Waals surface area (Å²) in [5.41, 5.74) is 2.21. The molecule has 0 aliphatic carbocycles. The number of carbonyl (C=O) groups is 1. The number of benzene rings is 2. The highest BCUT2D eigenvalue weighted by Crippen LogP contribution is 2.31. The molecule has 30 heavy (non-hydrogen) atoms. The number of rotatable bonds is 6. The number of amides is 1. The highest BCUT2D eigenvalue weighted by molar-refractivity contribution is 7.09. The van der Waals surface area contributed by atoms with Gasteiger partial charge in [0.2, 0.25) is 0 Å². The van der Waals surface area contributed by atoms with Crippen LogP contribution in [0.15, 0.2) is 47.8 Å². The van der Waals surface area contributed by atoms with Crippen LogP contribution in [0.4, 0.5) is 4.79 Å². The molecule has 0 atom stereocenters. The van der Waals surface area contributed by atoms with E-state index in [4.69, 9.17) is 9.72 Å². The Labute approximate surface area is 182 Å². The van der Waals surface area contributed by atoms with Gasteiger partial charge in [0.05, 0.1) is 17.3 Å². The van der Waals surface area contributed by atoms with Crippen molar-refractivity contribution in [2.75, 3.05) is 19.7 Å². The Hall–Kier alpha value is -2.66. The zero-order chi connectivity index (χ0) is 20.8. The first-order valence-corrected chi connectivity index (χ1v) is 11.7. The first kappa shape index (κ1) is 20.6. The molecule has 1 aromatic heterocycles. The molecule has 0 N–H and O–H groups in total. The third-order valence-electron chi connectivity index (χ3n) is 5.62. The third kappa shape index (κ3) is 4.90. The molecule has 1 aliphatic heterocycles. The summed E-state index contributed by atoms with van der Waals surface area (Å²) in [6.07, 6.45) is 7.94. The van der Waals surface area contributed by atoms with Crippen LogP contribution in [-0.2, 0) is 4.74 Å². The van der Waals surface area contributed by atoms with Gasteiger partial charge < -0.3 is 9.64 Å². The maximum Gasteiger partial charge on any atom is 0.409 e. The second-order valence-electron chi connectivity index (χ2n) is 7.74. The smallest absolute Gasteiger partial charge is 0.409 e. The molecule has 0 unspecified atom stereocenters. The summed E-state index contributed by atoms with van der Waals surface area (Å²) < 4.78 is 5.34. The van der Waals surface area contributed by atoms with Gasteiger partial charge in [-0.1, -0.05) is 61.9 Å². The number of ether oxygens (including phenoxy) is 1. The molecule has 1 saturated heterocycles. The van der Waals surface area contributed by atoms with Crippen molar-refractivity contribution >= 4 is 40.4 Å². The molecule has 3 aromatic rings. The second-order valence-corrected chi connectivity index (χ2v) is 8.63.